The van der Waals surface area contributed by atoms with Gasteiger partial charge in [0.1, 0.15) is 0 Å². The van der Waals surface area contributed by atoms with E-state index in [1.54, 1.807) is 0 Å². The third kappa shape index (κ3) is 1.62. The average molecular weight is 212 g/mol. The largest absolute Gasteiger partial charge is 0.298 e. The fourth-order valence-corrected chi connectivity index (χ4v) is 3.00. The van der Waals surface area contributed by atoms with Crippen LogP contribution in [0.1, 0.15) is 30.4 Å². The van der Waals surface area contributed by atoms with Gasteiger partial charge in [-0.05, 0) is 36.0 Å². The summed E-state index contributed by atoms with van der Waals surface area (Å²) >= 11 is 0. The van der Waals surface area contributed by atoms with Crippen LogP contribution in [0.15, 0.2) is 24.3 Å². The molecule has 82 valence electrons. The first-order chi connectivity index (χ1) is 7.80. The lowest BCUT2D eigenvalue weighted by Gasteiger charge is -2.56. The second-order valence-corrected chi connectivity index (χ2v) is 5.31. The molecular weight excluding hydrogens is 196 g/mol. The van der Waals surface area contributed by atoms with E-state index in [-0.39, 0.29) is 0 Å². The Morgan fingerprint density at radius 3 is 2.75 bits per heavy atom. The summed E-state index contributed by atoms with van der Waals surface area (Å²) < 4.78 is 0. The smallest absolute Gasteiger partial charge is 0.0991 e. The van der Waals surface area contributed by atoms with Crippen LogP contribution in [0.2, 0.25) is 0 Å². The van der Waals surface area contributed by atoms with E-state index in [9.17, 15) is 0 Å². The molecule has 0 amide bonds. The normalized spacial score (nSPS) is 22.2. The Bertz CT molecular complexity index is 432. The molecule has 0 bridgehead atoms. The highest BCUT2D eigenvalue weighted by Crippen LogP contribution is 2.48. The Kier molecular flexibility index (Phi) is 2.22. The van der Waals surface area contributed by atoms with Crippen LogP contribution in [0.5, 0.6) is 0 Å². The molecule has 2 heteroatoms. The van der Waals surface area contributed by atoms with Crippen LogP contribution in [0.3, 0.4) is 0 Å². The standard InChI is InChI=1S/C14H16N2/c15-8-12-3-1-4-13(7-12)9-16-10-14(11-16)5-2-6-14/h1,3-4,7H,2,5-6,9-11H2. The lowest BCUT2D eigenvalue weighted by atomic mass is 9.63. The van der Waals surface area contributed by atoms with E-state index in [0.29, 0.717) is 5.41 Å². The Balaban J connectivity index is 1.61. The summed E-state index contributed by atoms with van der Waals surface area (Å²) in [6.45, 7) is 3.55. The SMILES string of the molecule is N#Cc1cccc(CN2CC3(CCC3)C2)c1. The van der Waals surface area contributed by atoms with Crippen molar-refractivity contribution in [2.75, 3.05) is 13.1 Å². The van der Waals surface area contributed by atoms with Gasteiger partial charge in [-0.15, -0.1) is 0 Å². The quantitative estimate of drug-likeness (QED) is 0.753. The molecule has 2 nitrogen and oxygen atoms in total. The summed E-state index contributed by atoms with van der Waals surface area (Å²) in [6.07, 6.45) is 4.29. The van der Waals surface area contributed by atoms with Crippen molar-refractivity contribution in [3.05, 3.63) is 35.4 Å². The molecule has 1 heterocycles. The molecule has 2 fully saturated rings. The highest BCUT2D eigenvalue weighted by atomic mass is 15.2. The molecule has 3 rings (SSSR count). The van der Waals surface area contributed by atoms with Crippen molar-refractivity contribution in [2.24, 2.45) is 5.41 Å². The van der Waals surface area contributed by atoms with Crippen molar-refractivity contribution in [2.45, 2.75) is 25.8 Å². The first kappa shape index (κ1) is 9.86. The van der Waals surface area contributed by atoms with Gasteiger partial charge in [0.15, 0.2) is 0 Å². The molecule has 1 aromatic carbocycles. The van der Waals surface area contributed by atoms with Crippen molar-refractivity contribution in [1.29, 1.82) is 5.26 Å². The summed E-state index contributed by atoms with van der Waals surface area (Å²) in [6, 6.07) is 10.2. The van der Waals surface area contributed by atoms with E-state index in [4.69, 9.17) is 5.26 Å². The van der Waals surface area contributed by atoms with E-state index in [1.165, 1.54) is 37.9 Å². The number of benzene rings is 1. The van der Waals surface area contributed by atoms with Gasteiger partial charge in [-0.25, -0.2) is 0 Å². The molecule has 1 aliphatic heterocycles. The van der Waals surface area contributed by atoms with Gasteiger partial charge in [-0.1, -0.05) is 18.6 Å². The van der Waals surface area contributed by atoms with E-state index < -0.39 is 0 Å². The van der Waals surface area contributed by atoms with Gasteiger partial charge < -0.3 is 0 Å². The van der Waals surface area contributed by atoms with Crippen LogP contribution in [-0.2, 0) is 6.54 Å². The number of rotatable bonds is 2. The molecule has 0 aromatic heterocycles. The average Bonchev–Trinajstić information content (AvgIpc) is 2.20. The van der Waals surface area contributed by atoms with Crippen molar-refractivity contribution in [1.82, 2.24) is 4.90 Å². The highest BCUT2D eigenvalue weighted by Gasteiger charge is 2.46. The zero-order valence-corrected chi connectivity index (χ0v) is 9.45. The van der Waals surface area contributed by atoms with Crippen LogP contribution in [-0.4, -0.2) is 18.0 Å². The van der Waals surface area contributed by atoms with Crippen molar-refractivity contribution in [3.63, 3.8) is 0 Å². The van der Waals surface area contributed by atoms with Gasteiger partial charge >= 0.3 is 0 Å². The first-order valence-electron chi connectivity index (χ1n) is 6.01. The minimum absolute atomic E-state index is 0.701. The molecule has 0 N–H and O–H groups in total. The van der Waals surface area contributed by atoms with Crippen LogP contribution in [0.4, 0.5) is 0 Å². The topological polar surface area (TPSA) is 27.0 Å². The fourth-order valence-electron chi connectivity index (χ4n) is 3.00. The van der Waals surface area contributed by atoms with Crippen LogP contribution in [0, 0.1) is 16.7 Å². The molecule has 0 unspecified atom stereocenters. The van der Waals surface area contributed by atoms with E-state index in [0.717, 1.165) is 12.1 Å². The summed E-state index contributed by atoms with van der Waals surface area (Å²) in [5.41, 5.74) is 2.75. The lowest BCUT2D eigenvalue weighted by molar-refractivity contribution is -0.0645. The maximum Gasteiger partial charge on any atom is 0.0991 e. The second kappa shape index (κ2) is 3.61. The molecule has 1 spiro atoms. The molecule has 1 saturated heterocycles. The number of hydrogen-bond donors (Lipinski definition) is 0. The highest BCUT2D eigenvalue weighted by molar-refractivity contribution is 5.32. The third-order valence-corrected chi connectivity index (χ3v) is 3.99. The molecule has 2 aliphatic rings. The molecule has 1 aliphatic carbocycles. The number of likely N-dealkylation sites (tertiary alicyclic amines) is 1. The van der Waals surface area contributed by atoms with Gasteiger partial charge in [0.2, 0.25) is 0 Å². The monoisotopic (exact) mass is 212 g/mol. The van der Waals surface area contributed by atoms with E-state index >= 15 is 0 Å². The van der Waals surface area contributed by atoms with Gasteiger partial charge in [-0.3, -0.25) is 4.90 Å². The predicted octanol–water partition coefficient (Wildman–Crippen LogP) is 2.54. The summed E-state index contributed by atoms with van der Waals surface area (Å²) in [4.78, 5) is 2.50. The van der Waals surface area contributed by atoms with Gasteiger partial charge in [0.25, 0.3) is 0 Å². The molecular formula is C14H16N2. The zero-order chi connectivity index (χ0) is 11.0. The summed E-state index contributed by atoms with van der Waals surface area (Å²) in [5, 5.41) is 8.83. The molecule has 0 atom stereocenters. The van der Waals surface area contributed by atoms with Crippen molar-refractivity contribution < 1.29 is 0 Å². The lowest BCUT2D eigenvalue weighted by Crippen LogP contribution is -2.58. The zero-order valence-electron chi connectivity index (χ0n) is 9.45. The maximum atomic E-state index is 8.83. The number of nitriles is 1. The molecule has 16 heavy (non-hydrogen) atoms. The molecule has 1 aromatic rings. The van der Waals surface area contributed by atoms with Crippen LogP contribution >= 0.6 is 0 Å². The van der Waals surface area contributed by atoms with Crippen molar-refractivity contribution in [3.8, 4) is 6.07 Å². The summed E-state index contributed by atoms with van der Waals surface area (Å²) in [5.74, 6) is 0. The third-order valence-electron chi connectivity index (χ3n) is 3.99. The number of hydrogen-bond acceptors (Lipinski definition) is 2. The summed E-state index contributed by atoms with van der Waals surface area (Å²) in [7, 11) is 0. The number of nitrogens with zero attached hydrogens (tertiary/aromatic N) is 2. The Morgan fingerprint density at radius 1 is 1.31 bits per heavy atom. The molecule has 1 saturated carbocycles. The van der Waals surface area contributed by atoms with Gasteiger partial charge in [0.05, 0.1) is 11.6 Å². The minimum Gasteiger partial charge on any atom is -0.298 e. The minimum atomic E-state index is 0.701. The van der Waals surface area contributed by atoms with E-state index in [2.05, 4.69) is 17.0 Å². The first-order valence-corrected chi connectivity index (χ1v) is 6.01. The van der Waals surface area contributed by atoms with Crippen molar-refractivity contribution >= 4 is 0 Å². The Hall–Kier alpha value is -1.33. The Morgan fingerprint density at radius 2 is 2.12 bits per heavy atom. The Labute approximate surface area is 96.5 Å². The van der Waals surface area contributed by atoms with Crippen LogP contribution in [0.25, 0.3) is 0 Å². The fraction of sp³-hybridized carbons (Fsp3) is 0.500. The van der Waals surface area contributed by atoms with Gasteiger partial charge in [-0.2, -0.15) is 5.26 Å². The molecule has 0 radical (unpaired) electrons. The van der Waals surface area contributed by atoms with E-state index in [1.807, 2.05) is 18.2 Å². The maximum absolute atomic E-state index is 8.83. The van der Waals surface area contributed by atoms with Gasteiger partial charge in [0, 0.05) is 19.6 Å². The second-order valence-electron chi connectivity index (χ2n) is 5.31. The predicted molar refractivity (Wildman–Crippen MR) is 62.7 cm³/mol. The van der Waals surface area contributed by atoms with Crippen LogP contribution < -0.4 is 0 Å².